The Labute approximate surface area is 266 Å². The third kappa shape index (κ3) is 6.37. The molecule has 0 unspecified atom stereocenters. The van der Waals surface area contributed by atoms with Gasteiger partial charge in [0.05, 0.1) is 5.41 Å². The van der Waals surface area contributed by atoms with Crippen molar-refractivity contribution in [1.29, 1.82) is 0 Å². The van der Waals surface area contributed by atoms with Crippen LogP contribution < -0.4 is 11.1 Å². The number of nitrogens with zero attached hydrogens (tertiary/aromatic N) is 7. The number of rotatable bonds is 10. The van der Waals surface area contributed by atoms with E-state index < -0.39 is 47.4 Å². The average Bonchev–Trinajstić information content (AvgIpc) is 3.69. The van der Waals surface area contributed by atoms with Crippen molar-refractivity contribution in [3.8, 4) is 0 Å². The number of hydrogen-bond acceptors (Lipinski definition) is 17. The van der Waals surface area contributed by atoms with Crippen molar-refractivity contribution >= 4 is 85.8 Å². The number of thiazole rings is 1. The van der Waals surface area contributed by atoms with Crippen molar-refractivity contribution in [3.05, 3.63) is 28.2 Å². The Balaban J connectivity index is 1.34. The molecule has 3 aromatic heterocycles. The highest BCUT2D eigenvalue weighted by molar-refractivity contribution is 8.02. The Kier molecular flexibility index (Phi) is 9.14. The van der Waals surface area contributed by atoms with E-state index in [1.807, 2.05) is 0 Å². The van der Waals surface area contributed by atoms with E-state index in [1.54, 1.807) is 37.6 Å². The molecule has 3 N–H and O–H groups in total. The molecule has 16 nitrogen and oxygen atoms in total. The summed E-state index contributed by atoms with van der Waals surface area (Å²) in [4.78, 5) is 62.9. The molecule has 0 bridgehead atoms. The minimum Gasteiger partial charge on any atom is -0.427 e. The van der Waals surface area contributed by atoms with Crippen molar-refractivity contribution in [2.24, 2.45) is 10.6 Å². The molecule has 3 aromatic rings. The zero-order valence-corrected chi connectivity index (χ0v) is 27.3. The number of carbonyl (C=O) groups excluding carboxylic acids is 4. The smallest absolute Gasteiger partial charge is 0.357 e. The molecule has 5 rings (SSSR count). The Morgan fingerprint density at radius 1 is 1.25 bits per heavy atom. The van der Waals surface area contributed by atoms with Crippen LogP contribution in [0, 0.1) is 12.3 Å². The van der Waals surface area contributed by atoms with E-state index in [9.17, 15) is 19.2 Å². The Bertz CT molecular complexity index is 1690. The van der Waals surface area contributed by atoms with Gasteiger partial charge >= 0.3 is 11.9 Å². The topological polar surface area (TPSA) is 206 Å². The fourth-order valence-electron chi connectivity index (χ4n) is 4.01. The Morgan fingerprint density at radius 2 is 2.02 bits per heavy atom. The van der Waals surface area contributed by atoms with Gasteiger partial charge < -0.3 is 25.4 Å². The van der Waals surface area contributed by atoms with Crippen molar-refractivity contribution in [1.82, 2.24) is 35.0 Å². The van der Waals surface area contributed by atoms with Gasteiger partial charge in [-0.1, -0.05) is 28.3 Å². The standard InChI is InChI=1S/C24H27N9O7S4/c1-10-28-29-22-33(10)30-23(44-22)43-7-11-6-41-18-14(27-16(34)13(31-38-5)12-8-42-21(25)26-12)17(35)32(18)15(11)19(36)39-9-40-20(37)24(2,3)4/h8,14,18H,6-7,9H2,1-5H3,(H2,25,26)(H,27,34)/b31-13-/t14-,18-/m1/s1. The lowest BCUT2D eigenvalue weighted by molar-refractivity contribution is -0.173. The van der Waals surface area contributed by atoms with Crippen LogP contribution >= 0.6 is 46.2 Å². The lowest BCUT2D eigenvalue weighted by Gasteiger charge is -2.49. The molecule has 44 heavy (non-hydrogen) atoms. The number of anilines is 1. The minimum atomic E-state index is -0.969. The number of aromatic nitrogens is 5. The maximum atomic E-state index is 13.5. The Morgan fingerprint density at radius 3 is 2.68 bits per heavy atom. The molecular weight excluding hydrogens is 655 g/mol. The molecule has 234 valence electrons. The molecule has 2 aliphatic rings. The number of thioether (sulfide) groups is 2. The van der Waals surface area contributed by atoms with E-state index in [1.165, 1.54) is 46.9 Å². The normalized spacial score (nSPS) is 18.6. The molecule has 2 aliphatic heterocycles. The minimum absolute atomic E-state index is 0.0285. The van der Waals surface area contributed by atoms with Gasteiger partial charge in [0.2, 0.25) is 11.8 Å². The summed E-state index contributed by atoms with van der Waals surface area (Å²) in [5.74, 6) is -1.30. The molecule has 0 aliphatic carbocycles. The summed E-state index contributed by atoms with van der Waals surface area (Å²) in [5.41, 5.74) is 5.59. The van der Waals surface area contributed by atoms with Crippen LogP contribution in [0.4, 0.5) is 5.13 Å². The molecule has 20 heteroatoms. The van der Waals surface area contributed by atoms with Crippen molar-refractivity contribution in [3.63, 3.8) is 0 Å². The number of esters is 2. The highest BCUT2D eigenvalue weighted by Gasteiger charge is 2.54. The first-order valence-electron chi connectivity index (χ1n) is 12.8. The predicted octanol–water partition coefficient (Wildman–Crippen LogP) is 1.42. The molecular formula is C24H27N9O7S4. The first-order valence-corrected chi connectivity index (χ1v) is 16.6. The van der Waals surface area contributed by atoms with Gasteiger partial charge in [0.1, 0.15) is 29.9 Å². The van der Waals surface area contributed by atoms with Crippen molar-refractivity contribution < 1.29 is 33.5 Å². The average molecular weight is 682 g/mol. The number of carbonyl (C=O) groups is 4. The van der Waals surface area contributed by atoms with Gasteiger partial charge in [-0.25, -0.2) is 9.78 Å². The number of oxime groups is 1. The predicted molar refractivity (Wildman–Crippen MR) is 163 cm³/mol. The van der Waals surface area contributed by atoms with E-state index in [0.29, 0.717) is 32.2 Å². The van der Waals surface area contributed by atoms with Crippen LogP contribution in [0.15, 0.2) is 26.1 Å². The first kappa shape index (κ1) is 31.7. The number of aryl methyl sites for hydroxylation is 1. The molecule has 0 saturated carbocycles. The van der Waals surface area contributed by atoms with Gasteiger partial charge in [-0.05, 0) is 33.3 Å². The summed E-state index contributed by atoms with van der Waals surface area (Å²) in [6, 6.07) is -0.969. The molecule has 0 spiro atoms. The second kappa shape index (κ2) is 12.7. The summed E-state index contributed by atoms with van der Waals surface area (Å²) in [5, 5.41) is 20.1. The number of nitrogens with one attached hydrogen (secondary N) is 1. The molecule has 1 saturated heterocycles. The van der Waals surface area contributed by atoms with Crippen LogP contribution in [0.3, 0.4) is 0 Å². The van der Waals surface area contributed by atoms with Crippen LogP contribution in [0.1, 0.15) is 32.3 Å². The molecule has 1 fully saturated rings. The molecule has 2 atom stereocenters. The summed E-state index contributed by atoms with van der Waals surface area (Å²) in [6.07, 6.45) is 0. The monoisotopic (exact) mass is 681 g/mol. The fraction of sp³-hybridized carbons (Fsp3) is 0.458. The number of nitrogens with two attached hydrogens (primary N) is 1. The van der Waals surface area contributed by atoms with E-state index in [-0.39, 0.29) is 22.2 Å². The summed E-state index contributed by atoms with van der Waals surface area (Å²) >= 11 is 5.21. The van der Waals surface area contributed by atoms with Gasteiger partial charge in [0.25, 0.3) is 11.8 Å². The van der Waals surface area contributed by atoms with Crippen LogP contribution in [-0.2, 0) is 33.5 Å². The van der Waals surface area contributed by atoms with E-state index in [2.05, 4.69) is 30.8 Å². The zero-order chi connectivity index (χ0) is 31.8. The van der Waals surface area contributed by atoms with Crippen LogP contribution in [0.2, 0.25) is 0 Å². The van der Waals surface area contributed by atoms with E-state index >= 15 is 0 Å². The van der Waals surface area contributed by atoms with Gasteiger partial charge in [0, 0.05) is 16.9 Å². The van der Waals surface area contributed by atoms with Crippen LogP contribution in [0.5, 0.6) is 0 Å². The van der Waals surface area contributed by atoms with Gasteiger partial charge in [-0.2, -0.15) is 4.52 Å². The largest absolute Gasteiger partial charge is 0.427 e. The van der Waals surface area contributed by atoms with Crippen molar-refractivity contribution in [2.45, 2.75) is 43.5 Å². The number of nitrogen functional groups attached to an aromatic ring is 1. The summed E-state index contributed by atoms with van der Waals surface area (Å²) < 4.78 is 12.7. The lowest BCUT2D eigenvalue weighted by atomic mass is 9.98. The summed E-state index contributed by atoms with van der Waals surface area (Å²) in [6.45, 7) is 6.18. The molecule has 0 radical (unpaired) electrons. The number of ether oxygens (including phenoxy) is 2. The number of fused-ring (bicyclic) bond motifs is 2. The van der Waals surface area contributed by atoms with Gasteiger partial charge in [-0.15, -0.1) is 38.4 Å². The Hall–Kier alpha value is -3.75. The highest BCUT2D eigenvalue weighted by atomic mass is 32.2. The molecule has 5 heterocycles. The van der Waals surface area contributed by atoms with Crippen LogP contribution in [-0.4, -0.2) is 96.0 Å². The summed E-state index contributed by atoms with van der Waals surface area (Å²) in [7, 11) is 1.28. The zero-order valence-electron chi connectivity index (χ0n) is 24.1. The van der Waals surface area contributed by atoms with Gasteiger partial charge in [0.15, 0.2) is 21.0 Å². The number of hydrogen-bond donors (Lipinski definition) is 2. The molecule has 2 amide bonds. The van der Waals surface area contributed by atoms with Gasteiger partial charge in [-0.3, -0.25) is 19.3 Å². The van der Waals surface area contributed by atoms with E-state index in [0.717, 1.165) is 11.3 Å². The maximum Gasteiger partial charge on any atom is 0.357 e. The third-order valence-corrected chi connectivity index (χ3v) is 10.3. The molecule has 0 aromatic carbocycles. The maximum absolute atomic E-state index is 13.5. The fourth-order valence-corrected chi connectivity index (χ4v) is 7.96. The number of β-lactam (4-membered cyclic amide) rings is 1. The lowest BCUT2D eigenvalue weighted by Crippen LogP contribution is -2.71. The quantitative estimate of drug-likeness (QED) is 0.0776. The van der Waals surface area contributed by atoms with E-state index in [4.69, 9.17) is 20.0 Å². The first-order chi connectivity index (χ1) is 20.9. The SMILES string of the molecule is CO/N=C(\C(=O)N[C@@H]1C(=O)N2C(C(=O)OCOC(=O)C(C)(C)C)=C(CSc3nn4c(C)nnc4s3)CS[C@H]12)c1csc(N)n1. The highest BCUT2D eigenvalue weighted by Crippen LogP contribution is 2.42. The van der Waals surface area contributed by atoms with Crippen molar-refractivity contribution in [2.75, 3.05) is 31.1 Å². The second-order valence-corrected chi connectivity index (χ2v) is 14.5. The van der Waals surface area contributed by atoms with Crippen LogP contribution in [0.25, 0.3) is 4.96 Å². The third-order valence-electron chi connectivity index (χ3n) is 6.18. The second-order valence-electron chi connectivity index (χ2n) is 10.3. The number of amides is 2.